The van der Waals surface area contributed by atoms with Gasteiger partial charge in [0.05, 0.1) is 0 Å². The first-order chi connectivity index (χ1) is 7.88. The molecule has 0 radical (unpaired) electrons. The SMILES string of the molecule is CCO[C@@H](OC)[C@@H](OCC)OC(C)(C)C(=O)O. The van der Waals surface area contributed by atoms with Gasteiger partial charge in [-0.15, -0.1) is 0 Å². The Balaban J connectivity index is 4.66. The lowest BCUT2D eigenvalue weighted by atomic mass is 10.1. The highest BCUT2D eigenvalue weighted by molar-refractivity contribution is 5.76. The van der Waals surface area contributed by atoms with Gasteiger partial charge >= 0.3 is 5.97 Å². The summed E-state index contributed by atoms with van der Waals surface area (Å²) in [5.41, 5.74) is -1.37. The minimum absolute atomic E-state index is 0.368. The molecule has 0 saturated heterocycles. The van der Waals surface area contributed by atoms with Gasteiger partial charge in [-0.1, -0.05) is 0 Å². The number of methoxy groups -OCH3 is 1. The molecule has 0 aromatic rings. The minimum Gasteiger partial charge on any atom is -0.479 e. The Morgan fingerprint density at radius 3 is 2.00 bits per heavy atom. The van der Waals surface area contributed by atoms with Crippen LogP contribution in [0.3, 0.4) is 0 Å². The van der Waals surface area contributed by atoms with Gasteiger partial charge in [0.2, 0.25) is 12.6 Å². The van der Waals surface area contributed by atoms with Crippen molar-refractivity contribution >= 4 is 5.97 Å². The average molecular weight is 250 g/mol. The Morgan fingerprint density at radius 2 is 1.65 bits per heavy atom. The fourth-order valence-electron chi connectivity index (χ4n) is 1.10. The zero-order valence-corrected chi connectivity index (χ0v) is 11.1. The van der Waals surface area contributed by atoms with Crippen molar-refractivity contribution in [2.24, 2.45) is 0 Å². The van der Waals surface area contributed by atoms with Gasteiger partial charge in [-0.05, 0) is 27.7 Å². The average Bonchev–Trinajstić information content (AvgIpc) is 2.24. The molecular weight excluding hydrogens is 228 g/mol. The van der Waals surface area contributed by atoms with E-state index in [-0.39, 0.29) is 0 Å². The number of aliphatic carboxylic acids is 1. The van der Waals surface area contributed by atoms with Crippen molar-refractivity contribution < 1.29 is 28.8 Å². The maximum absolute atomic E-state index is 11.0. The third kappa shape index (κ3) is 5.45. The van der Waals surface area contributed by atoms with E-state index in [0.29, 0.717) is 13.2 Å². The van der Waals surface area contributed by atoms with Gasteiger partial charge in [-0.25, -0.2) is 4.79 Å². The predicted octanol–water partition coefficient (Wildman–Crippen LogP) is 1.24. The molecule has 0 aliphatic rings. The van der Waals surface area contributed by atoms with Crippen LogP contribution in [-0.4, -0.2) is 49.6 Å². The quantitative estimate of drug-likeness (QED) is 0.620. The molecule has 0 amide bonds. The van der Waals surface area contributed by atoms with Crippen LogP contribution in [-0.2, 0) is 23.7 Å². The van der Waals surface area contributed by atoms with Gasteiger partial charge in [-0.3, -0.25) is 0 Å². The summed E-state index contributed by atoms with van der Waals surface area (Å²) in [6.07, 6.45) is -1.63. The highest BCUT2D eigenvalue weighted by Gasteiger charge is 2.35. The first-order valence-corrected chi connectivity index (χ1v) is 5.56. The summed E-state index contributed by atoms with van der Waals surface area (Å²) in [4.78, 5) is 11.0. The molecule has 0 aromatic carbocycles. The Hall–Kier alpha value is -0.690. The van der Waals surface area contributed by atoms with Crippen molar-refractivity contribution in [3.8, 4) is 0 Å². The molecule has 6 nitrogen and oxygen atoms in total. The lowest BCUT2D eigenvalue weighted by molar-refractivity contribution is -0.300. The van der Waals surface area contributed by atoms with Gasteiger partial charge in [0, 0.05) is 20.3 Å². The molecule has 0 aliphatic heterocycles. The molecule has 1 N–H and O–H groups in total. The molecule has 102 valence electrons. The van der Waals surface area contributed by atoms with Crippen LogP contribution in [0, 0.1) is 0 Å². The molecular formula is C11H22O6. The van der Waals surface area contributed by atoms with E-state index < -0.39 is 24.2 Å². The molecule has 2 atom stereocenters. The molecule has 6 heteroatoms. The summed E-state index contributed by atoms with van der Waals surface area (Å²) in [5.74, 6) is -1.08. The number of carbonyl (C=O) groups is 1. The van der Waals surface area contributed by atoms with Crippen LogP contribution in [0.4, 0.5) is 0 Å². The minimum atomic E-state index is -1.37. The largest absolute Gasteiger partial charge is 0.479 e. The van der Waals surface area contributed by atoms with Crippen molar-refractivity contribution in [3.05, 3.63) is 0 Å². The van der Waals surface area contributed by atoms with E-state index in [2.05, 4.69) is 0 Å². The predicted molar refractivity (Wildman–Crippen MR) is 60.6 cm³/mol. The fourth-order valence-corrected chi connectivity index (χ4v) is 1.10. The topological polar surface area (TPSA) is 74.2 Å². The number of hydrogen-bond donors (Lipinski definition) is 1. The summed E-state index contributed by atoms with van der Waals surface area (Å²) < 4.78 is 21.0. The highest BCUT2D eigenvalue weighted by Crippen LogP contribution is 2.17. The molecule has 17 heavy (non-hydrogen) atoms. The second-order valence-corrected chi connectivity index (χ2v) is 3.82. The van der Waals surface area contributed by atoms with Crippen LogP contribution < -0.4 is 0 Å². The summed E-state index contributed by atoms with van der Waals surface area (Å²) in [6.45, 7) is 7.26. The number of carboxylic acids is 1. The first-order valence-electron chi connectivity index (χ1n) is 5.56. The zero-order valence-electron chi connectivity index (χ0n) is 11.1. The van der Waals surface area contributed by atoms with E-state index in [1.807, 2.05) is 0 Å². The van der Waals surface area contributed by atoms with Crippen molar-refractivity contribution in [3.63, 3.8) is 0 Å². The maximum atomic E-state index is 11.0. The van der Waals surface area contributed by atoms with E-state index in [1.165, 1.54) is 21.0 Å². The second-order valence-electron chi connectivity index (χ2n) is 3.82. The van der Waals surface area contributed by atoms with E-state index in [4.69, 9.17) is 24.1 Å². The van der Waals surface area contributed by atoms with E-state index in [1.54, 1.807) is 13.8 Å². The highest BCUT2D eigenvalue weighted by atomic mass is 16.8. The van der Waals surface area contributed by atoms with Crippen LogP contribution in [0.5, 0.6) is 0 Å². The molecule has 0 rings (SSSR count). The summed E-state index contributed by atoms with van der Waals surface area (Å²) in [7, 11) is 1.45. The van der Waals surface area contributed by atoms with Crippen LogP contribution >= 0.6 is 0 Å². The van der Waals surface area contributed by atoms with Crippen LogP contribution in [0.1, 0.15) is 27.7 Å². The van der Waals surface area contributed by atoms with Gasteiger partial charge in [0.1, 0.15) is 0 Å². The number of carboxylic acid groups (broad SMARTS) is 1. The molecule has 0 aromatic heterocycles. The molecule has 0 spiro atoms. The van der Waals surface area contributed by atoms with Gasteiger partial charge in [0.25, 0.3) is 0 Å². The standard InChI is InChI=1S/C11H22O6/c1-6-15-8(14-5)9(16-7-2)17-11(3,4)10(12)13/h8-9H,6-7H2,1-5H3,(H,12,13)/t8-,9+/m1/s1. The first kappa shape index (κ1) is 16.3. The van der Waals surface area contributed by atoms with E-state index in [0.717, 1.165) is 0 Å². The van der Waals surface area contributed by atoms with E-state index >= 15 is 0 Å². The smallest absolute Gasteiger partial charge is 0.335 e. The van der Waals surface area contributed by atoms with Crippen LogP contribution in [0.25, 0.3) is 0 Å². The number of rotatable bonds is 9. The lowest BCUT2D eigenvalue weighted by Crippen LogP contribution is -2.45. The third-order valence-electron chi connectivity index (χ3n) is 2.04. The Morgan fingerprint density at radius 1 is 1.18 bits per heavy atom. The molecule has 0 aliphatic carbocycles. The van der Waals surface area contributed by atoms with Gasteiger partial charge < -0.3 is 24.1 Å². The van der Waals surface area contributed by atoms with Crippen molar-refractivity contribution in [2.75, 3.05) is 20.3 Å². The Bertz CT molecular complexity index is 228. The monoisotopic (exact) mass is 250 g/mol. The van der Waals surface area contributed by atoms with E-state index in [9.17, 15) is 4.79 Å². The van der Waals surface area contributed by atoms with Crippen LogP contribution in [0.15, 0.2) is 0 Å². The second kappa shape index (κ2) is 7.60. The molecule has 0 bridgehead atoms. The number of ether oxygens (including phenoxy) is 4. The summed E-state index contributed by atoms with van der Waals surface area (Å²) in [5, 5.41) is 8.98. The Kier molecular flexibility index (Phi) is 7.29. The molecule has 0 heterocycles. The summed E-state index contributed by atoms with van der Waals surface area (Å²) in [6, 6.07) is 0. The zero-order chi connectivity index (χ0) is 13.5. The van der Waals surface area contributed by atoms with Gasteiger partial charge in [-0.2, -0.15) is 0 Å². The van der Waals surface area contributed by atoms with Crippen molar-refractivity contribution in [1.82, 2.24) is 0 Å². The molecule has 0 fully saturated rings. The number of hydrogen-bond acceptors (Lipinski definition) is 5. The van der Waals surface area contributed by atoms with Crippen molar-refractivity contribution in [2.45, 2.75) is 45.9 Å². The molecule has 0 unspecified atom stereocenters. The fraction of sp³-hybridized carbons (Fsp3) is 0.909. The summed E-state index contributed by atoms with van der Waals surface area (Å²) >= 11 is 0. The van der Waals surface area contributed by atoms with Crippen LogP contribution in [0.2, 0.25) is 0 Å². The maximum Gasteiger partial charge on any atom is 0.335 e. The normalized spacial score (nSPS) is 15.6. The van der Waals surface area contributed by atoms with Crippen molar-refractivity contribution in [1.29, 1.82) is 0 Å². The third-order valence-corrected chi connectivity index (χ3v) is 2.04. The van der Waals surface area contributed by atoms with Gasteiger partial charge in [0.15, 0.2) is 5.60 Å². The lowest BCUT2D eigenvalue weighted by Gasteiger charge is -2.31. The molecule has 0 saturated carbocycles. The Labute approximate surface area is 102 Å².